The number of benzene rings is 3. The van der Waals surface area contributed by atoms with Gasteiger partial charge in [-0.25, -0.2) is 5.01 Å². The van der Waals surface area contributed by atoms with Gasteiger partial charge in [0.05, 0.1) is 16.1 Å². The molecule has 0 amide bonds. The molecule has 0 aliphatic carbocycles. The Balaban J connectivity index is 1.90. The molecule has 0 atom stereocenters. The quantitative estimate of drug-likeness (QED) is 0.676. The van der Waals surface area contributed by atoms with Crippen LogP contribution in [0.15, 0.2) is 71.6 Å². The number of nitrogens with one attached hydrogen (secondary N) is 1. The zero-order valence-corrected chi connectivity index (χ0v) is 16.7. The molecule has 1 saturated heterocycles. The van der Waals surface area contributed by atoms with Crippen molar-refractivity contribution < 1.29 is 21.6 Å². The lowest BCUT2D eigenvalue weighted by Gasteiger charge is -2.38. The predicted molar refractivity (Wildman–Crippen MR) is 109 cm³/mol. The van der Waals surface area contributed by atoms with Crippen LogP contribution in [0.2, 0.25) is 0 Å². The second-order valence-corrected chi connectivity index (χ2v) is 8.71. The maximum Gasteiger partial charge on any atom is 0.416 e. The smallest absolute Gasteiger partial charge is 0.314 e. The van der Waals surface area contributed by atoms with Gasteiger partial charge < -0.3 is 5.32 Å². The Morgan fingerprint density at radius 3 is 2.30 bits per heavy atom. The number of hydrazine groups is 1. The second-order valence-electron chi connectivity index (χ2n) is 6.98. The summed E-state index contributed by atoms with van der Waals surface area (Å²) in [4.78, 5) is 0.0524. The summed E-state index contributed by atoms with van der Waals surface area (Å²) in [5, 5.41) is 5.97. The van der Waals surface area contributed by atoms with Crippen molar-refractivity contribution in [2.45, 2.75) is 11.1 Å². The molecule has 5 nitrogen and oxygen atoms in total. The minimum atomic E-state index is -4.58. The van der Waals surface area contributed by atoms with E-state index in [0.29, 0.717) is 31.6 Å². The van der Waals surface area contributed by atoms with Crippen LogP contribution in [-0.4, -0.2) is 39.6 Å². The lowest BCUT2D eigenvalue weighted by atomic mass is 10.1. The molecular formula is C21H20F3N3O2S. The van der Waals surface area contributed by atoms with Crippen molar-refractivity contribution in [1.82, 2.24) is 10.3 Å². The van der Waals surface area contributed by atoms with Crippen molar-refractivity contribution in [3.63, 3.8) is 0 Å². The summed E-state index contributed by atoms with van der Waals surface area (Å²) < 4.78 is 68.5. The van der Waals surface area contributed by atoms with Gasteiger partial charge in [-0.2, -0.15) is 26.0 Å². The third-order valence-electron chi connectivity index (χ3n) is 5.00. The maximum absolute atomic E-state index is 13.8. The first kappa shape index (κ1) is 20.6. The minimum absolute atomic E-state index is 0.0420. The Hall–Kier alpha value is -2.62. The highest BCUT2D eigenvalue weighted by Crippen LogP contribution is 2.35. The highest BCUT2D eigenvalue weighted by Gasteiger charge is 2.35. The highest BCUT2D eigenvalue weighted by molar-refractivity contribution is 7.93. The van der Waals surface area contributed by atoms with Crippen LogP contribution >= 0.6 is 0 Å². The first-order valence-corrected chi connectivity index (χ1v) is 10.9. The monoisotopic (exact) mass is 435 g/mol. The van der Waals surface area contributed by atoms with Crippen molar-refractivity contribution in [3.05, 3.63) is 72.3 Å². The van der Waals surface area contributed by atoms with E-state index in [4.69, 9.17) is 0 Å². The second kappa shape index (κ2) is 7.90. The van der Waals surface area contributed by atoms with Crippen LogP contribution < -0.4 is 9.73 Å². The standard InChI is InChI=1S/C21H20F3N3O2S/c22-21(23,24)17-7-4-8-18(15-17)27(26-13-11-25-12-14-26)30(28,29)20-10-3-6-16-5-1-2-9-19(16)20/h1-10,15,25H,11-14H2. The molecule has 158 valence electrons. The molecule has 0 spiro atoms. The average Bonchev–Trinajstić information content (AvgIpc) is 2.74. The van der Waals surface area contributed by atoms with E-state index in [1.54, 1.807) is 41.4 Å². The fourth-order valence-electron chi connectivity index (χ4n) is 3.60. The fraction of sp³-hybridized carbons (Fsp3) is 0.238. The number of piperazine rings is 1. The topological polar surface area (TPSA) is 52.7 Å². The van der Waals surface area contributed by atoms with Crippen molar-refractivity contribution in [1.29, 1.82) is 0 Å². The van der Waals surface area contributed by atoms with Crippen molar-refractivity contribution in [3.8, 4) is 0 Å². The largest absolute Gasteiger partial charge is 0.416 e. The van der Waals surface area contributed by atoms with Gasteiger partial charge in [-0.05, 0) is 29.7 Å². The molecule has 1 aliphatic rings. The Bertz CT molecular complexity index is 1150. The Labute approximate surface area is 172 Å². The number of anilines is 1. The third kappa shape index (κ3) is 3.88. The molecule has 0 bridgehead atoms. The third-order valence-corrected chi connectivity index (χ3v) is 6.81. The first-order valence-electron chi connectivity index (χ1n) is 9.44. The zero-order chi connectivity index (χ0) is 21.4. The Morgan fingerprint density at radius 1 is 0.900 bits per heavy atom. The number of sulfonamides is 1. The maximum atomic E-state index is 13.8. The first-order chi connectivity index (χ1) is 14.3. The molecule has 3 aromatic carbocycles. The summed E-state index contributed by atoms with van der Waals surface area (Å²) in [6, 6.07) is 16.4. The molecule has 0 unspecified atom stereocenters. The van der Waals surface area contributed by atoms with Crippen LogP contribution in [0.25, 0.3) is 10.8 Å². The van der Waals surface area contributed by atoms with Crippen molar-refractivity contribution in [2.75, 3.05) is 30.6 Å². The zero-order valence-electron chi connectivity index (χ0n) is 15.9. The van der Waals surface area contributed by atoms with Gasteiger partial charge in [0.1, 0.15) is 0 Å². The molecule has 1 heterocycles. The molecule has 1 aliphatic heterocycles. The summed E-state index contributed by atoms with van der Waals surface area (Å²) in [7, 11) is -4.18. The molecule has 1 fully saturated rings. The van der Waals surface area contributed by atoms with Gasteiger partial charge in [0.2, 0.25) is 0 Å². The normalized spacial score (nSPS) is 16.0. The van der Waals surface area contributed by atoms with E-state index in [-0.39, 0.29) is 10.6 Å². The summed E-state index contributed by atoms with van der Waals surface area (Å²) in [5.41, 5.74) is -0.937. The van der Waals surface area contributed by atoms with Gasteiger partial charge in [0.25, 0.3) is 10.0 Å². The Kier molecular flexibility index (Phi) is 5.44. The summed E-state index contributed by atoms with van der Waals surface area (Å²) in [6.45, 7) is 1.75. The molecule has 9 heteroatoms. The van der Waals surface area contributed by atoms with Gasteiger partial charge in [0, 0.05) is 31.6 Å². The summed E-state index contributed by atoms with van der Waals surface area (Å²) >= 11 is 0. The number of nitrogens with zero attached hydrogens (tertiary/aromatic N) is 2. The molecule has 30 heavy (non-hydrogen) atoms. The van der Waals surface area contributed by atoms with E-state index in [9.17, 15) is 21.6 Å². The van der Waals surface area contributed by atoms with E-state index in [2.05, 4.69) is 5.32 Å². The Morgan fingerprint density at radius 2 is 1.57 bits per heavy atom. The van der Waals surface area contributed by atoms with Gasteiger partial charge in [-0.1, -0.05) is 42.5 Å². The van der Waals surface area contributed by atoms with Crippen LogP contribution in [-0.2, 0) is 16.2 Å². The lowest BCUT2D eigenvalue weighted by Crippen LogP contribution is -2.54. The summed E-state index contributed by atoms with van der Waals surface area (Å²) in [6.07, 6.45) is -4.58. The number of halogens is 3. The molecule has 1 N–H and O–H groups in total. The van der Waals surface area contributed by atoms with E-state index in [1.165, 1.54) is 18.2 Å². The van der Waals surface area contributed by atoms with Crippen molar-refractivity contribution >= 4 is 26.5 Å². The minimum Gasteiger partial charge on any atom is -0.314 e. The number of hydrogen-bond acceptors (Lipinski definition) is 4. The van der Waals surface area contributed by atoms with Crippen LogP contribution in [0.5, 0.6) is 0 Å². The average molecular weight is 435 g/mol. The number of alkyl halides is 3. The van der Waals surface area contributed by atoms with E-state index >= 15 is 0 Å². The molecule has 0 radical (unpaired) electrons. The van der Waals surface area contributed by atoms with Gasteiger partial charge in [0.15, 0.2) is 0 Å². The van der Waals surface area contributed by atoms with Crippen molar-refractivity contribution in [2.24, 2.45) is 0 Å². The van der Waals surface area contributed by atoms with Crippen LogP contribution in [0.1, 0.15) is 5.56 Å². The van der Waals surface area contributed by atoms with Gasteiger partial charge >= 0.3 is 6.18 Å². The number of fused-ring (bicyclic) bond motifs is 1. The number of hydrogen-bond donors (Lipinski definition) is 1. The highest BCUT2D eigenvalue weighted by atomic mass is 32.2. The van der Waals surface area contributed by atoms with E-state index in [1.807, 2.05) is 0 Å². The van der Waals surface area contributed by atoms with Crippen LogP contribution in [0.4, 0.5) is 18.9 Å². The van der Waals surface area contributed by atoms with Gasteiger partial charge in [-0.15, -0.1) is 0 Å². The SMILES string of the molecule is O=S(=O)(c1cccc2ccccc12)N(c1cccc(C(F)(F)F)c1)N1CCNCC1. The molecular weight excluding hydrogens is 415 g/mol. The van der Waals surface area contributed by atoms with Gasteiger partial charge in [-0.3, -0.25) is 0 Å². The molecule has 0 aromatic heterocycles. The van der Waals surface area contributed by atoms with Crippen LogP contribution in [0.3, 0.4) is 0 Å². The molecule has 0 saturated carbocycles. The summed E-state index contributed by atoms with van der Waals surface area (Å²) in [5.74, 6) is 0. The molecule has 4 rings (SSSR count). The lowest BCUT2D eigenvalue weighted by molar-refractivity contribution is -0.137. The number of rotatable bonds is 4. The van der Waals surface area contributed by atoms with E-state index < -0.39 is 21.8 Å². The van der Waals surface area contributed by atoms with Crippen LogP contribution in [0, 0.1) is 0 Å². The fourth-order valence-corrected chi connectivity index (χ4v) is 5.36. The molecule has 3 aromatic rings. The predicted octanol–water partition coefficient (Wildman–Crippen LogP) is 3.87. The van der Waals surface area contributed by atoms with E-state index in [0.717, 1.165) is 21.9 Å².